The van der Waals surface area contributed by atoms with Gasteiger partial charge in [0.1, 0.15) is 18.0 Å². The van der Waals surface area contributed by atoms with Gasteiger partial charge in [0.25, 0.3) is 5.56 Å². The van der Waals surface area contributed by atoms with Crippen LogP contribution in [-0.4, -0.2) is 39.2 Å². The summed E-state index contributed by atoms with van der Waals surface area (Å²) in [5.74, 6) is 0.788. The molecule has 33 heavy (non-hydrogen) atoms. The number of aromatic nitrogens is 4. The molecule has 168 valence electrons. The maximum Gasteiger partial charge on any atom is 0.333 e. The Morgan fingerprint density at radius 2 is 1.67 bits per heavy atom. The van der Waals surface area contributed by atoms with E-state index in [0.29, 0.717) is 22.7 Å². The van der Waals surface area contributed by atoms with Gasteiger partial charge < -0.3 is 14.8 Å². The van der Waals surface area contributed by atoms with E-state index >= 15 is 0 Å². The molecule has 4 rings (SSSR count). The summed E-state index contributed by atoms with van der Waals surface area (Å²) in [6.07, 6.45) is 2.73. The minimum atomic E-state index is -0.666. The average molecular weight is 447 g/mol. The molecule has 0 aliphatic rings. The van der Waals surface area contributed by atoms with E-state index in [1.54, 1.807) is 55.6 Å². The molecule has 0 aliphatic heterocycles. The second kappa shape index (κ2) is 9.35. The fraction of sp³-hybridized carbons (Fsp3) is 0.174. The summed E-state index contributed by atoms with van der Waals surface area (Å²) in [5, 5.41) is 2.73. The number of carbonyl (C=O) groups excluding carboxylic acids is 1. The van der Waals surface area contributed by atoms with Crippen molar-refractivity contribution in [2.45, 2.75) is 13.1 Å². The minimum absolute atomic E-state index is 0.00255. The van der Waals surface area contributed by atoms with Crippen LogP contribution in [0.25, 0.3) is 11.2 Å². The molecule has 0 aliphatic carbocycles. The Bertz CT molecular complexity index is 1430. The maximum absolute atomic E-state index is 13.3. The zero-order valence-electron chi connectivity index (χ0n) is 18.0. The number of nitrogens with one attached hydrogen (secondary N) is 1. The number of hydrogen-bond donors (Lipinski definition) is 1. The van der Waals surface area contributed by atoms with E-state index < -0.39 is 17.2 Å². The summed E-state index contributed by atoms with van der Waals surface area (Å²) in [6.45, 7) is -0.361. The molecular formula is C23H21N5O5. The van der Waals surface area contributed by atoms with E-state index in [1.807, 2.05) is 0 Å². The van der Waals surface area contributed by atoms with Gasteiger partial charge in [0.15, 0.2) is 11.2 Å². The molecule has 1 N–H and O–H groups in total. The van der Waals surface area contributed by atoms with Crippen molar-refractivity contribution in [1.29, 1.82) is 0 Å². The van der Waals surface area contributed by atoms with E-state index in [-0.39, 0.29) is 24.3 Å². The molecule has 0 radical (unpaired) electrons. The van der Waals surface area contributed by atoms with Crippen molar-refractivity contribution in [3.05, 3.63) is 87.3 Å². The van der Waals surface area contributed by atoms with Gasteiger partial charge in [-0.05, 0) is 42.0 Å². The molecule has 0 saturated carbocycles. The third kappa shape index (κ3) is 4.59. The molecule has 10 heteroatoms. The van der Waals surface area contributed by atoms with Gasteiger partial charge in [-0.3, -0.25) is 18.7 Å². The number of carbonyl (C=O) groups is 1. The summed E-state index contributed by atoms with van der Waals surface area (Å²) >= 11 is 0. The van der Waals surface area contributed by atoms with Crippen LogP contribution >= 0.6 is 0 Å². The molecular weight excluding hydrogens is 426 g/mol. The first kappa shape index (κ1) is 21.8. The summed E-state index contributed by atoms with van der Waals surface area (Å²) in [7, 11) is 3.08. The SMILES string of the molecule is COc1ccc(NC(=O)Cn2c(=O)n(Cc3cccc(OC)c3)c(=O)c3nccnc32)cc1. The fourth-order valence-electron chi connectivity index (χ4n) is 3.38. The molecule has 0 spiro atoms. The van der Waals surface area contributed by atoms with E-state index in [0.717, 1.165) is 9.13 Å². The Morgan fingerprint density at radius 1 is 0.939 bits per heavy atom. The highest BCUT2D eigenvalue weighted by Gasteiger charge is 2.18. The molecule has 0 atom stereocenters. The molecule has 2 heterocycles. The lowest BCUT2D eigenvalue weighted by atomic mass is 10.2. The van der Waals surface area contributed by atoms with Crippen LogP contribution in [0.15, 0.2) is 70.5 Å². The van der Waals surface area contributed by atoms with Crippen molar-refractivity contribution in [2.24, 2.45) is 0 Å². The van der Waals surface area contributed by atoms with Crippen LogP contribution in [0.5, 0.6) is 11.5 Å². The van der Waals surface area contributed by atoms with Crippen LogP contribution in [-0.2, 0) is 17.9 Å². The van der Waals surface area contributed by atoms with Gasteiger partial charge in [-0.1, -0.05) is 12.1 Å². The molecule has 0 bridgehead atoms. The number of amides is 1. The number of ether oxygens (including phenoxy) is 2. The van der Waals surface area contributed by atoms with E-state index in [4.69, 9.17) is 9.47 Å². The molecule has 0 saturated heterocycles. The third-order valence-corrected chi connectivity index (χ3v) is 4.99. The summed E-state index contributed by atoms with van der Waals surface area (Å²) in [4.78, 5) is 47.2. The molecule has 0 unspecified atom stereocenters. The predicted octanol–water partition coefficient (Wildman–Crippen LogP) is 1.66. The van der Waals surface area contributed by atoms with Gasteiger partial charge in [0.2, 0.25) is 5.91 Å². The summed E-state index contributed by atoms with van der Waals surface area (Å²) < 4.78 is 12.5. The first-order chi connectivity index (χ1) is 16.0. The van der Waals surface area contributed by atoms with Gasteiger partial charge >= 0.3 is 5.69 Å². The molecule has 1 amide bonds. The quantitative estimate of drug-likeness (QED) is 0.458. The van der Waals surface area contributed by atoms with Crippen molar-refractivity contribution in [3.63, 3.8) is 0 Å². The van der Waals surface area contributed by atoms with Crippen LogP contribution in [0.3, 0.4) is 0 Å². The highest BCUT2D eigenvalue weighted by molar-refractivity contribution is 5.91. The second-order valence-corrected chi connectivity index (χ2v) is 7.12. The standard InChI is InChI=1S/C23H21N5O5/c1-32-17-8-6-16(7-9-17)26-19(29)14-27-21-20(24-10-11-25-21)22(30)28(23(27)31)13-15-4-3-5-18(12-15)33-2/h3-12H,13-14H2,1-2H3,(H,26,29). The van der Waals surface area contributed by atoms with E-state index in [1.165, 1.54) is 19.5 Å². The van der Waals surface area contributed by atoms with E-state index in [2.05, 4.69) is 15.3 Å². The number of rotatable bonds is 7. The number of hydrogen-bond acceptors (Lipinski definition) is 7. The Balaban J connectivity index is 1.71. The Kier molecular flexibility index (Phi) is 6.16. The van der Waals surface area contributed by atoms with Gasteiger partial charge in [0.05, 0.1) is 20.8 Å². The number of methoxy groups -OCH3 is 2. The molecule has 0 fully saturated rings. The lowest BCUT2D eigenvalue weighted by molar-refractivity contribution is -0.116. The van der Waals surface area contributed by atoms with Gasteiger partial charge in [-0.25, -0.2) is 14.8 Å². The van der Waals surface area contributed by atoms with Gasteiger partial charge in [-0.2, -0.15) is 0 Å². The number of fused-ring (bicyclic) bond motifs is 1. The Morgan fingerprint density at radius 3 is 2.39 bits per heavy atom. The predicted molar refractivity (Wildman–Crippen MR) is 122 cm³/mol. The molecule has 4 aromatic rings. The van der Waals surface area contributed by atoms with Crippen molar-refractivity contribution in [2.75, 3.05) is 19.5 Å². The lowest BCUT2D eigenvalue weighted by Gasteiger charge is -2.13. The van der Waals surface area contributed by atoms with Crippen LogP contribution in [0.4, 0.5) is 5.69 Å². The highest BCUT2D eigenvalue weighted by Crippen LogP contribution is 2.15. The van der Waals surface area contributed by atoms with Crippen molar-refractivity contribution >= 4 is 22.8 Å². The smallest absolute Gasteiger partial charge is 0.333 e. The summed E-state index contributed by atoms with van der Waals surface area (Å²) in [5.41, 5.74) is 0.00918. The average Bonchev–Trinajstić information content (AvgIpc) is 2.85. The number of nitrogens with zero attached hydrogens (tertiary/aromatic N) is 4. The first-order valence-corrected chi connectivity index (χ1v) is 10.0. The minimum Gasteiger partial charge on any atom is -0.497 e. The Labute approximate surface area is 188 Å². The normalized spacial score (nSPS) is 10.7. The van der Waals surface area contributed by atoms with Crippen LogP contribution < -0.4 is 26.0 Å². The maximum atomic E-state index is 13.3. The zero-order valence-corrected chi connectivity index (χ0v) is 18.0. The van der Waals surface area contributed by atoms with Crippen molar-refractivity contribution < 1.29 is 14.3 Å². The molecule has 10 nitrogen and oxygen atoms in total. The fourth-order valence-corrected chi connectivity index (χ4v) is 3.38. The van der Waals surface area contributed by atoms with Crippen molar-refractivity contribution in [1.82, 2.24) is 19.1 Å². The topological polar surface area (TPSA) is 117 Å². The van der Waals surface area contributed by atoms with Gasteiger partial charge in [0, 0.05) is 18.1 Å². The second-order valence-electron chi connectivity index (χ2n) is 7.12. The first-order valence-electron chi connectivity index (χ1n) is 10.0. The van der Waals surface area contributed by atoms with Crippen LogP contribution in [0.2, 0.25) is 0 Å². The zero-order chi connectivity index (χ0) is 23.4. The number of benzene rings is 2. The van der Waals surface area contributed by atoms with Crippen LogP contribution in [0.1, 0.15) is 5.56 Å². The molecule has 2 aromatic carbocycles. The summed E-state index contributed by atoms with van der Waals surface area (Å²) in [6, 6.07) is 13.8. The number of anilines is 1. The van der Waals surface area contributed by atoms with Gasteiger partial charge in [-0.15, -0.1) is 0 Å². The highest BCUT2D eigenvalue weighted by atomic mass is 16.5. The lowest BCUT2D eigenvalue weighted by Crippen LogP contribution is -2.42. The van der Waals surface area contributed by atoms with Crippen LogP contribution in [0, 0.1) is 0 Å². The van der Waals surface area contributed by atoms with Crippen molar-refractivity contribution in [3.8, 4) is 11.5 Å². The molecule has 2 aromatic heterocycles. The van der Waals surface area contributed by atoms with E-state index in [9.17, 15) is 14.4 Å². The Hall–Kier alpha value is -4.47. The largest absolute Gasteiger partial charge is 0.497 e. The third-order valence-electron chi connectivity index (χ3n) is 4.99. The monoisotopic (exact) mass is 447 g/mol.